The summed E-state index contributed by atoms with van der Waals surface area (Å²) >= 11 is 0. The highest BCUT2D eigenvalue weighted by atomic mass is 19.1. The minimum atomic E-state index is -1.28. The third-order valence-electron chi connectivity index (χ3n) is 2.46. The van der Waals surface area contributed by atoms with Gasteiger partial charge in [0, 0.05) is 0 Å². The number of nitrogens with one attached hydrogen (secondary N) is 1. The third kappa shape index (κ3) is 3.14. The monoisotopic (exact) mass is 297 g/mol. The number of nitro groups is 1. The van der Waals surface area contributed by atoms with Crippen LogP contribution in [0.2, 0.25) is 0 Å². The van der Waals surface area contributed by atoms with Crippen LogP contribution in [-0.2, 0) is 0 Å². The quantitative estimate of drug-likeness (QED) is 0.536. The molecular weight excluding hydrogens is 291 g/mol. The Morgan fingerprint density at radius 1 is 1.19 bits per heavy atom. The van der Waals surface area contributed by atoms with Crippen LogP contribution in [0.15, 0.2) is 30.3 Å². The molecule has 1 amide bonds. The van der Waals surface area contributed by atoms with E-state index in [1.165, 1.54) is 0 Å². The lowest BCUT2D eigenvalue weighted by Gasteiger charge is -2.06. The second kappa shape index (κ2) is 5.57. The van der Waals surface area contributed by atoms with E-state index in [0.29, 0.717) is 6.07 Å². The van der Waals surface area contributed by atoms with Gasteiger partial charge in [-0.1, -0.05) is 0 Å². The van der Waals surface area contributed by atoms with Gasteiger partial charge in [0.2, 0.25) is 11.9 Å². The van der Waals surface area contributed by atoms with Crippen molar-refractivity contribution in [2.75, 3.05) is 5.32 Å². The number of benzene rings is 1. The average Bonchev–Trinajstić information content (AvgIpc) is 2.41. The smallest absolute Gasteiger partial charge is 0.285 e. The van der Waals surface area contributed by atoms with E-state index in [4.69, 9.17) is 0 Å². The summed E-state index contributed by atoms with van der Waals surface area (Å²) in [5.41, 5.74) is -1.70. The van der Waals surface area contributed by atoms with Crippen LogP contribution >= 0.6 is 0 Å². The average molecular weight is 297 g/mol. The summed E-state index contributed by atoms with van der Waals surface area (Å²) in [5, 5.41) is 12.8. The lowest BCUT2D eigenvalue weighted by atomic mass is 10.1. The van der Waals surface area contributed by atoms with E-state index >= 15 is 0 Å². The first-order chi connectivity index (χ1) is 9.88. The Kier molecular flexibility index (Phi) is 3.83. The molecule has 0 atom stereocenters. The molecule has 9 heteroatoms. The van der Waals surface area contributed by atoms with Crippen LogP contribution in [0.4, 0.5) is 24.5 Å². The second-order valence-corrected chi connectivity index (χ2v) is 3.85. The number of nitrogens with zero attached hydrogens (tertiary/aromatic N) is 2. The number of carbonyl (C=O) groups is 1. The Morgan fingerprint density at radius 3 is 2.52 bits per heavy atom. The molecule has 21 heavy (non-hydrogen) atoms. The zero-order valence-electron chi connectivity index (χ0n) is 10.1. The number of halogens is 3. The molecule has 0 saturated heterocycles. The molecule has 0 radical (unpaired) electrons. The van der Waals surface area contributed by atoms with Crippen molar-refractivity contribution in [2.45, 2.75) is 0 Å². The zero-order chi connectivity index (χ0) is 15.6. The van der Waals surface area contributed by atoms with Gasteiger partial charge in [-0.2, -0.15) is 13.8 Å². The molecule has 0 aliphatic rings. The zero-order valence-corrected chi connectivity index (χ0v) is 10.1. The Morgan fingerprint density at radius 2 is 1.90 bits per heavy atom. The van der Waals surface area contributed by atoms with E-state index in [-0.39, 0.29) is 0 Å². The molecule has 1 aromatic heterocycles. The molecule has 2 rings (SSSR count). The number of amides is 1. The number of nitro benzene ring substituents is 1. The van der Waals surface area contributed by atoms with E-state index in [1.807, 2.05) is 5.32 Å². The van der Waals surface area contributed by atoms with Crippen molar-refractivity contribution in [3.05, 3.63) is 63.7 Å². The summed E-state index contributed by atoms with van der Waals surface area (Å²) in [4.78, 5) is 24.5. The Bertz CT molecular complexity index is 737. The molecule has 0 unspecified atom stereocenters. The van der Waals surface area contributed by atoms with Crippen molar-refractivity contribution < 1.29 is 22.9 Å². The lowest BCUT2D eigenvalue weighted by molar-refractivity contribution is -0.385. The van der Waals surface area contributed by atoms with Gasteiger partial charge in [0.15, 0.2) is 0 Å². The topological polar surface area (TPSA) is 85.1 Å². The van der Waals surface area contributed by atoms with Gasteiger partial charge in [-0.25, -0.2) is 4.39 Å². The van der Waals surface area contributed by atoms with E-state index in [0.717, 1.165) is 24.3 Å². The van der Waals surface area contributed by atoms with E-state index in [1.54, 1.807) is 0 Å². The number of anilines is 1. The van der Waals surface area contributed by atoms with Crippen LogP contribution in [0.1, 0.15) is 10.4 Å². The standard InChI is InChI=1S/C12H6F3N3O3/c13-6-1-2-7(9(5-6)18(20)21)12(19)16-8-3-4-10(14)17-11(8)15/h1-5H,(H,16,19). The van der Waals surface area contributed by atoms with E-state index in [9.17, 15) is 28.1 Å². The third-order valence-corrected chi connectivity index (χ3v) is 2.46. The summed E-state index contributed by atoms with van der Waals surface area (Å²) < 4.78 is 38.9. The molecule has 0 bridgehead atoms. The fraction of sp³-hybridized carbons (Fsp3) is 0. The maximum absolute atomic E-state index is 13.3. The minimum Gasteiger partial charge on any atom is -0.318 e. The molecule has 1 aromatic carbocycles. The molecule has 1 heterocycles. The van der Waals surface area contributed by atoms with Crippen LogP contribution in [0.5, 0.6) is 0 Å². The first-order valence-corrected chi connectivity index (χ1v) is 5.46. The van der Waals surface area contributed by atoms with E-state index < -0.39 is 45.5 Å². The number of rotatable bonds is 3. The van der Waals surface area contributed by atoms with Gasteiger partial charge in [0.1, 0.15) is 11.4 Å². The number of aromatic nitrogens is 1. The molecule has 0 fully saturated rings. The maximum atomic E-state index is 13.3. The van der Waals surface area contributed by atoms with Crippen LogP contribution in [0, 0.1) is 27.8 Å². The molecule has 2 aromatic rings. The Balaban J connectivity index is 2.34. The molecule has 1 N–H and O–H groups in total. The number of hydrogen-bond donors (Lipinski definition) is 1. The Labute approximate surface area is 115 Å². The van der Waals surface area contributed by atoms with Gasteiger partial charge in [-0.05, 0) is 24.3 Å². The lowest BCUT2D eigenvalue weighted by Crippen LogP contribution is -2.15. The van der Waals surface area contributed by atoms with Gasteiger partial charge < -0.3 is 5.32 Å². The van der Waals surface area contributed by atoms with E-state index in [2.05, 4.69) is 4.98 Å². The van der Waals surface area contributed by atoms with Gasteiger partial charge in [0.05, 0.1) is 16.7 Å². The first-order valence-electron chi connectivity index (χ1n) is 5.46. The van der Waals surface area contributed by atoms with Crippen molar-refractivity contribution in [3.63, 3.8) is 0 Å². The first kappa shape index (κ1) is 14.4. The predicted octanol–water partition coefficient (Wildman–Crippen LogP) is 2.66. The van der Waals surface area contributed by atoms with Crippen LogP contribution in [-0.4, -0.2) is 15.8 Å². The summed E-state index contributed by atoms with van der Waals surface area (Å²) in [6, 6.07) is 4.01. The van der Waals surface area contributed by atoms with Crippen molar-refractivity contribution in [3.8, 4) is 0 Å². The Hall–Kier alpha value is -2.97. The largest absolute Gasteiger partial charge is 0.318 e. The van der Waals surface area contributed by atoms with Crippen molar-refractivity contribution in [1.29, 1.82) is 0 Å². The normalized spacial score (nSPS) is 10.2. The van der Waals surface area contributed by atoms with Crippen molar-refractivity contribution in [1.82, 2.24) is 4.98 Å². The van der Waals surface area contributed by atoms with Crippen LogP contribution in [0.3, 0.4) is 0 Å². The van der Waals surface area contributed by atoms with Gasteiger partial charge in [-0.15, -0.1) is 0 Å². The fourth-order valence-electron chi connectivity index (χ4n) is 1.54. The fourth-order valence-corrected chi connectivity index (χ4v) is 1.54. The van der Waals surface area contributed by atoms with Gasteiger partial charge >= 0.3 is 0 Å². The summed E-state index contributed by atoms with van der Waals surface area (Å²) in [6.07, 6.45) is 0. The number of carbonyl (C=O) groups excluding carboxylic acids is 1. The molecule has 0 aliphatic heterocycles. The molecule has 6 nitrogen and oxygen atoms in total. The molecule has 0 aliphatic carbocycles. The molecular formula is C12H6F3N3O3. The number of pyridine rings is 1. The van der Waals surface area contributed by atoms with Crippen LogP contribution in [0.25, 0.3) is 0 Å². The molecule has 0 saturated carbocycles. The van der Waals surface area contributed by atoms with Gasteiger partial charge in [-0.3, -0.25) is 14.9 Å². The summed E-state index contributed by atoms with van der Waals surface area (Å²) in [7, 11) is 0. The maximum Gasteiger partial charge on any atom is 0.285 e. The number of hydrogen-bond acceptors (Lipinski definition) is 4. The highest BCUT2D eigenvalue weighted by Crippen LogP contribution is 2.21. The van der Waals surface area contributed by atoms with Crippen molar-refractivity contribution >= 4 is 17.3 Å². The highest BCUT2D eigenvalue weighted by molar-refractivity contribution is 6.07. The SMILES string of the molecule is O=C(Nc1ccc(F)nc1F)c1ccc(F)cc1[N+](=O)[O-]. The highest BCUT2D eigenvalue weighted by Gasteiger charge is 2.22. The minimum absolute atomic E-state index is 0.458. The summed E-state index contributed by atoms with van der Waals surface area (Å²) in [5.74, 6) is -4.31. The van der Waals surface area contributed by atoms with Gasteiger partial charge in [0.25, 0.3) is 11.6 Å². The molecule has 0 spiro atoms. The summed E-state index contributed by atoms with van der Waals surface area (Å²) in [6.45, 7) is 0. The second-order valence-electron chi connectivity index (χ2n) is 3.85. The molecule has 108 valence electrons. The van der Waals surface area contributed by atoms with Crippen LogP contribution < -0.4 is 5.32 Å². The van der Waals surface area contributed by atoms with Crippen molar-refractivity contribution in [2.24, 2.45) is 0 Å². The predicted molar refractivity (Wildman–Crippen MR) is 65.2 cm³/mol.